The van der Waals surface area contributed by atoms with E-state index in [0.717, 1.165) is 19.3 Å². The molecule has 0 saturated carbocycles. The second-order valence-electron chi connectivity index (χ2n) is 5.28. The molecule has 2 rings (SSSR count). The Balaban J connectivity index is 2.07. The molecule has 0 bridgehead atoms. The van der Waals surface area contributed by atoms with Crippen LogP contribution in [-0.4, -0.2) is 33.5 Å². The molecule has 0 radical (unpaired) electrons. The number of benzene rings is 1. The predicted molar refractivity (Wildman–Crippen MR) is 83.2 cm³/mol. The van der Waals surface area contributed by atoms with Crippen molar-refractivity contribution in [3.8, 4) is 5.75 Å². The first-order chi connectivity index (χ1) is 10.5. The fourth-order valence-electron chi connectivity index (χ4n) is 2.24. The second-order valence-corrected chi connectivity index (χ2v) is 6.99. The Hall–Kier alpha value is -1.60. The Labute approximate surface area is 131 Å². The van der Waals surface area contributed by atoms with Gasteiger partial charge in [-0.05, 0) is 49.9 Å². The molecule has 22 heavy (non-hydrogen) atoms. The van der Waals surface area contributed by atoms with E-state index in [1.54, 1.807) is 12.1 Å². The number of hydrogen-bond acceptors (Lipinski definition) is 4. The van der Waals surface area contributed by atoms with Gasteiger partial charge in [-0.1, -0.05) is 6.92 Å². The molecule has 0 spiro atoms. The van der Waals surface area contributed by atoms with Crippen LogP contribution in [0.5, 0.6) is 5.75 Å². The topological polar surface area (TPSA) is 84.5 Å². The smallest absolute Gasteiger partial charge is 0.241 e. The van der Waals surface area contributed by atoms with Gasteiger partial charge in [0.25, 0.3) is 0 Å². The van der Waals surface area contributed by atoms with Crippen LogP contribution in [0.1, 0.15) is 32.6 Å². The minimum atomic E-state index is -3.71. The molecule has 1 aromatic rings. The fourth-order valence-corrected chi connectivity index (χ4v) is 3.47. The van der Waals surface area contributed by atoms with Crippen LogP contribution in [0.15, 0.2) is 29.2 Å². The summed E-state index contributed by atoms with van der Waals surface area (Å²) >= 11 is 0. The molecule has 7 heteroatoms. The highest BCUT2D eigenvalue weighted by atomic mass is 32.2. The molecule has 6 nitrogen and oxygen atoms in total. The van der Waals surface area contributed by atoms with Crippen LogP contribution in [0.2, 0.25) is 0 Å². The van der Waals surface area contributed by atoms with E-state index in [1.165, 1.54) is 12.1 Å². The van der Waals surface area contributed by atoms with Crippen molar-refractivity contribution in [2.45, 2.75) is 43.5 Å². The Morgan fingerprint density at radius 3 is 2.68 bits per heavy atom. The van der Waals surface area contributed by atoms with Crippen LogP contribution in [0, 0.1) is 0 Å². The highest BCUT2D eigenvalue weighted by Crippen LogP contribution is 2.17. The van der Waals surface area contributed by atoms with Gasteiger partial charge in [-0.15, -0.1) is 0 Å². The molecule has 1 aliphatic rings. The maximum absolute atomic E-state index is 12.4. The average Bonchev–Trinajstić information content (AvgIpc) is 2.70. The monoisotopic (exact) mass is 326 g/mol. The Bertz CT molecular complexity index is 598. The average molecular weight is 326 g/mol. The summed E-state index contributed by atoms with van der Waals surface area (Å²) in [5.41, 5.74) is 0. The summed E-state index contributed by atoms with van der Waals surface area (Å²) in [7, 11) is -3.71. The predicted octanol–water partition coefficient (Wildman–Crippen LogP) is 1.42. The summed E-state index contributed by atoms with van der Waals surface area (Å²) in [4.78, 5) is 12.0. The standard InChI is InChI=1S/C15H22N2O4S/c1-2-11-21-12-6-8-13(9-7-12)22(19,20)17-14-5-3-4-10-16-15(14)18/h6-9,14,17H,2-5,10-11H2,1H3,(H,16,18). The molecule has 1 heterocycles. The largest absolute Gasteiger partial charge is 0.494 e. The molecule has 0 aliphatic carbocycles. The van der Waals surface area contributed by atoms with Crippen LogP contribution >= 0.6 is 0 Å². The molecule has 1 aliphatic heterocycles. The van der Waals surface area contributed by atoms with Crippen molar-refractivity contribution >= 4 is 15.9 Å². The van der Waals surface area contributed by atoms with Crippen molar-refractivity contribution in [3.05, 3.63) is 24.3 Å². The lowest BCUT2D eigenvalue weighted by Crippen LogP contribution is -2.45. The van der Waals surface area contributed by atoms with Crippen molar-refractivity contribution in [2.75, 3.05) is 13.2 Å². The summed E-state index contributed by atoms with van der Waals surface area (Å²) in [6.07, 6.45) is 3.09. The van der Waals surface area contributed by atoms with E-state index < -0.39 is 16.1 Å². The first-order valence-corrected chi connectivity index (χ1v) is 9.04. The number of amides is 1. The van der Waals surface area contributed by atoms with Gasteiger partial charge in [0.15, 0.2) is 0 Å². The molecule has 1 saturated heterocycles. The van der Waals surface area contributed by atoms with Gasteiger partial charge in [-0.3, -0.25) is 4.79 Å². The molecule has 1 amide bonds. The van der Waals surface area contributed by atoms with Gasteiger partial charge in [0.2, 0.25) is 15.9 Å². The normalized spacial score (nSPS) is 19.3. The number of carbonyl (C=O) groups excluding carboxylic acids is 1. The van der Waals surface area contributed by atoms with Gasteiger partial charge >= 0.3 is 0 Å². The summed E-state index contributed by atoms with van der Waals surface area (Å²) in [6.45, 7) is 3.19. The number of sulfonamides is 1. The van der Waals surface area contributed by atoms with Crippen LogP contribution in [0.4, 0.5) is 0 Å². The van der Waals surface area contributed by atoms with Crippen LogP contribution in [0.25, 0.3) is 0 Å². The third-order valence-electron chi connectivity index (χ3n) is 3.44. The lowest BCUT2D eigenvalue weighted by Gasteiger charge is -2.15. The van der Waals surface area contributed by atoms with Crippen LogP contribution in [-0.2, 0) is 14.8 Å². The number of nitrogens with one attached hydrogen (secondary N) is 2. The van der Waals surface area contributed by atoms with Crippen molar-refractivity contribution in [1.29, 1.82) is 0 Å². The minimum absolute atomic E-state index is 0.133. The molecular weight excluding hydrogens is 304 g/mol. The minimum Gasteiger partial charge on any atom is -0.494 e. The van der Waals surface area contributed by atoms with Gasteiger partial charge in [0.1, 0.15) is 11.8 Å². The number of rotatable bonds is 6. The maximum Gasteiger partial charge on any atom is 0.241 e. The number of ether oxygens (including phenoxy) is 1. The van der Waals surface area contributed by atoms with E-state index >= 15 is 0 Å². The van der Waals surface area contributed by atoms with Crippen LogP contribution in [0.3, 0.4) is 0 Å². The summed E-state index contributed by atoms with van der Waals surface area (Å²) in [5, 5.41) is 2.72. The highest BCUT2D eigenvalue weighted by Gasteiger charge is 2.26. The SMILES string of the molecule is CCCOc1ccc(S(=O)(=O)NC2CCCCNC2=O)cc1. The zero-order valence-corrected chi connectivity index (χ0v) is 13.5. The van der Waals surface area contributed by atoms with E-state index in [2.05, 4.69) is 10.0 Å². The second kappa shape index (κ2) is 7.60. The van der Waals surface area contributed by atoms with Gasteiger partial charge in [-0.25, -0.2) is 8.42 Å². The fraction of sp³-hybridized carbons (Fsp3) is 0.533. The first-order valence-electron chi connectivity index (χ1n) is 7.56. The molecule has 2 N–H and O–H groups in total. The van der Waals surface area contributed by atoms with E-state index in [1.807, 2.05) is 6.92 Å². The molecule has 0 aromatic heterocycles. The van der Waals surface area contributed by atoms with Gasteiger partial charge < -0.3 is 10.1 Å². The lowest BCUT2D eigenvalue weighted by molar-refractivity contribution is -0.122. The first kappa shape index (κ1) is 16.8. The van der Waals surface area contributed by atoms with Crippen molar-refractivity contribution in [1.82, 2.24) is 10.0 Å². The molecular formula is C15H22N2O4S. The zero-order chi connectivity index (χ0) is 16.0. The molecule has 1 aromatic carbocycles. The number of hydrogen-bond donors (Lipinski definition) is 2. The zero-order valence-electron chi connectivity index (χ0n) is 12.7. The quantitative estimate of drug-likeness (QED) is 0.828. The van der Waals surface area contributed by atoms with E-state index in [4.69, 9.17) is 4.74 Å². The third-order valence-corrected chi connectivity index (χ3v) is 4.93. The van der Waals surface area contributed by atoms with Gasteiger partial charge in [-0.2, -0.15) is 4.72 Å². The lowest BCUT2D eigenvalue weighted by atomic mass is 10.1. The van der Waals surface area contributed by atoms with Crippen molar-refractivity contribution in [2.24, 2.45) is 0 Å². The van der Waals surface area contributed by atoms with Crippen LogP contribution < -0.4 is 14.8 Å². The maximum atomic E-state index is 12.4. The molecule has 1 fully saturated rings. The number of carbonyl (C=O) groups is 1. The summed E-state index contributed by atoms with van der Waals surface area (Å²) in [5.74, 6) is 0.372. The van der Waals surface area contributed by atoms with Gasteiger partial charge in [0, 0.05) is 6.54 Å². The van der Waals surface area contributed by atoms with E-state index in [9.17, 15) is 13.2 Å². The van der Waals surface area contributed by atoms with Crippen molar-refractivity contribution in [3.63, 3.8) is 0 Å². The molecule has 1 atom stereocenters. The Morgan fingerprint density at radius 1 is 1.27 bits per heavy atom. The Morgan fingerprint density at radius 2 is 2.00 bits per heavy atom. The third kappa shape index (κ3) is 4.45. The summed E-state index contributed by atoms with van der Waals surface area (Å²) in [6, 6.07) is 5.52. The van der Waals surface area contributed by atoms with Crippen molar-refractivity contribution < 1.29 is 17.9 Å². The summed E-state index contributed by atoms with van der Waals surface area (Å²) < 4.78 is 32.6. The van der Waals surface area contributed by atoms with E-state index in [-0.39, 0.29) is 10.8 Å². The molecule has 1 unspecified atom stereocenters. The van der Waals surface area contributed by atoms with E-state index in [0.29, 0.717) is 25.3 Å². The Kier molecular flexibility index (Phi) is 5.79. The highest BCUT2D eigenvalue weighted by molar-refractivity contribution is 7.89. The molecule has 122 valence electrons. The van der Waals surface area contributed by atoms with Gasteiger partial charge in [0.05, 0.1) is 11.5 Å².